The molecule has 1 atom stereocenters. The lowest BCUT2D eigenvalue weighted by Crippen LogP contribution is -2.32. The molecule has 2 N–H and O–H groups in total. The number of nitrogens with one attached hydrogen (secondary N) is 2. The van der Waals surface area contributed by atoms with Crippen molar-refractivity contribution in [2.24, 2.45) is 0 Å². The summed E-state index contributed by atoms with van der Waals surface area (Å²) in [5, 5.41) is 2.88. The first-order valence-corrected chi connectivity index (χ1v) is 8.78. The fraction of sp³-hybridized carbons (Fsp3) is 0.533. The van der Waals surface area contributed by atoms with Gasteiger partial charge in [0.2, 0.25) is 10.0 Å². The molecule has 0 radical (unpaired) electrons. The maximum Gasteiger partial charge on any atom is 0.251 e. The van der Waals surface area contributed by atoms with Gasteiger partial charge in [-0.15, -0.1) is 0 Å². The van der Waals surface area contributed by atoms with Crippen molar-refractivity contribution < 1.29 is 17.9 Å². The molecule has 0 saturated heterocycles. The zero-order valence-electron chi connectivity index (χ0n) is 13.3. The smallest absolute Gasteiger partial charge is 0.251 e. The molecule has 0 saturated carbocycles. The Morgan fingerprint density at radius 1 is 1.27 bits per heavy atom. The minimum absolute atomic E-state index is 0.0941. The number of rotatable bonds is 9. The maximum absolute atomic E-state index is 12.0. The van der Waals surface area contributed by atoms with E-state index in [1.54, 1.807) is 0 Å². The quantitative estimate of drug-likeness (QED) is 0.673. The number of hydrogen-bond donors (Lipinski definition) is 2. The Balaban J connectivity index is 2.71. The Bertz CT molecular complexity index is 570. The molecule has 0 spiro atoms. The predicted molar refractivity (Wildman–Crippen MR) is 85.3 cm³/mol. The summed E-state index contributed by atoms with van der Waals surface area (Å²) in [6.45, 7) is 4.50. The molecule has 0 aliphatic carbocycles. The third-order valence-corrected chi connectivity index (χ3v) is 4.60. The third-order valence-electron chi connectivity index (χ3n) is 3.12. The Morgan fingerprint density at radius 3 is 2.45 bits per heavy atom. The fourth-order valence-electron chi connectivity index (χ4n) is 1.96. The SMILES string of the molecule is CCCC(C)NC(=O)c1ccc(S(=O)(=O)NCCOC)cc1. The van der Waals surface area contributed by atoms with Gasteiger partial charge in [0.05, 0.1) is 11.5 Å². The number of methoxy groups -OCH3 is 1. The van der Waals surface area contributed by atoms with Gasteiger partial charge < -0.3 is 10.1 Å². The number of sulfonamides is 1. The summed E-state index contributed by atoms with van der Waals surface area (Å²) in [7, 11) is -2.07. The molecule has 1 unspecified atom stereocenters. The van der Waals surface area contributed by atoms with E-state index in [9.17, 15) is 13.2 Å². The van der Waals surface area contributed by atoms with E-state index in [0.29, 0.717) is 12.2 Å². The highest BCUT2D eigenvalue weighted by Gasteiger charge is 2.15. The molecule has 22 heavy (non-hydrogen) atoms. The van der Waals surface area contributed by atoms with Gasteiger partial charge in [0, 0.05) is 25.3 Å². The number of benzene rings is 1. The average Bonchev–Trinajstić information content (AvgIpc) is 2.47. The Morgan fingerprint density at radius 2 is 1.91 bits per heavy atom. The zero-order chi connectivity index (χ0) is 16.6. The lowest BCUT2D eigenvalue weighted by atomic mass is 10.1. The number of hydrogen-bond acceptors (Lipinski definition) is 4. The zero-order valence-corrected chi connectivity index (χ0v) is 14.1. The van der Waals surface area contributed by atoms with E-state index in [0.717, 1.165) is 12.8 Å². The van der Waals surface area contributed by atoms with Gasteiger partial charge in [0.1, 0.15) is 0 Å². The van der Waals surface area contributed by atoms with Gasteiger partial charge in [-0.05, 0) is 37.6 Å². The monoisotopic (exact) mass is 328 g/mol. The van der Waals surface area contributed by atoms with E-state index in [1.165, 1.54) is 31.4 Å². The fourth-order valence-corrected chi connectivity index (χ4v) is 2.97. The van der Waals surface area contributed by atoms with Crippen LogP contribution in [-0.4, -0.2) is 40.6 Å². The maximum atomic E-state index is 12.0. The van der Waals surface area contributed by atoms with Crippen LogP contribution in [-0.2, 0) is 14.8 Å². The van der Waals surface area contributed by atoms with Crippen LogP contribution in [0.2, 0.25) is 0 Å². The summed E-state index contributed by atoms with van der Waals surface area (Å²) in [4.78, 5) is 12.1. The summed E-state index contributed by atoms with van der Waals surface area (Å²) < 4.78 is 31.2. The van der Waals surface area contributed by atoms with Crippen molar-refractivity contribution >= 4 is 15.9 Å². The van der Waals surface area contributed by atoms with Crippen molar-refractivity contribution in [3.05, 3.63) is 29.8 Å². The molecule has 7 heteroatoms. The van der Waals surface area contributed by atoms with E-state index in [1.807, 2.05) is 6.92 Å². The molecule has 0 bridgehead atoms. The van der Waals surface area contributed by atoms with Crippen molar-refractivity contribution in [2.45, 2.75) is 37.6 Å². The van der Waals surface area contributed by atoms with Crippen molar-refractivity contribution in [3.8, 4) is 0 Å². The van der Waals surface area contributed by atoms with E-state index in [-0.39, 0.29) is 23.4 Å². The van der Waals surface area contributed by atoms with Crippen LogP contribution >= 0.6 is 0 Å². The summed E-state index contributed by atoms with van der Waals surface area (Å²) in [5.74, 6) is -0.197. The number of ether oxygens (including phenoxy) is 1. The van der Waals surface area contributed by atoms with Crippen LogP contribution in [0.25, 0.3) is 0 Å². The van der Waals surface area contributed by atoms with E-state index in [4.69, 9.17) is 4.74 Å². The lowest BCUT2D eigenvalue weighted by molar-refractivity contribution is 0.0938. The molecule has 0 aromatic heterocycles. The molecule has 1 aromatic rings. The van der Waals surface area contributed by atoms with Gasteiger partial charge in [-0.1, -0.05) is 13.3 Å². The Hall–Kier alpha value is -1.44. The second kappa shape index (κ2) is 8.87. The van der Waals surface area contributed by atoms with Crippen LogP contribution in [0.3, 0.4) is 0 Å². The topological polar surface area (TPSA) is 84.5 Å². The van der Waals surface area contributed by atoms with Crippen molar-refractivity contribution in [1.82, 2.24) is 10.0 Å². The summed E-state index contributed by atoms with van der Waals surface area (Å²) in [6.07, 6.45) is 1.90. The first-order valence-electron chi connectivity index (χ1n) is 7.30. The van der Waals surface area contributed by atoms with Gasteiger partial charge in [0.25, 0.3) is 5.91 Å². The largest absolute Gasteiger partial charge is 0.383 e. The third kappa shape index (κ3) is 5.75. The molecular formula is C15H24N2O4S. The van der Waals surface area contributed by atoms with Gasteiger partial charge in [-0.2, -0.15) is 0 Å². The van der Waals surface area contributed by atoms with Crippen molar-refractivity contribution in [3.63, 3.8) is 0 Å². The van der Waals surface area contributed by atoms with Gasteiger partial charge in [0.15, 0.2) is 0 Å². The van der Waals surface area contributed by atoms with Crippen LogP contribution in [0.1, 0.15) is 37.0 Å². The van der Waals surface area contributed by atoms with Crippen molar-refractivity contribution in [2.75, 3.05) is 20.3 Å². The molecule has 0 heterocycles. The first-order chi connectivity index (χ1) is 10.4. The molecule has 1 rings (SSSR count). The van der Waals surface area contributed by atoms with Crippen molar-refractivity contribution in [1.29, 1.82) is 0 Å². The van der Waals surface area contributed by atoms with Crippen LogP contribution in [0.5, 0.6) is 0 Å². The normalized spacial score (nSPS) is 12.9. The lowest BCUT2D eigenvalue weighted by Gasteiger charge is -2.13. The number of carbonyl (C=O) groups excluding carboxylic acids is 1. The molecule has 0 aliphatic rings. The molecule has 1 amide bonds. The Labute approximate surface area is 132 Å². The minimum Gasteiger partial charge on any atom is -0.383 e. The summed E-state index contributed by atoms with van der Waals surface area (Å²) in [6, 6.07) is 5.97. The number of amides is 1. The molecule has 1 aromatic carbocycles. The summed E-state index contributed by atoms with van der Waals surface area (Å²) >= 11 is 0. The van der Waals surface area contributed by atoms with Crippen LogP contribution in [0.15, 0.2) is 29.2 Å². The average molecular weight is 328 g/mol. The molecule has 6 nitrogen and oxygen atoms in total. The van der Waals surface area contributed by atoms with Crippen LogP contribution < -0.4 is 10.0 Å². The van der Waals surface area contributed by atoms with E-state index in [2.05, 4.69) is 17.0 Å². The molecular weight excluding hydrogens is 304 g/mol. The van der Waals surface area contributed by atoms with Crippen LogP contribution in [0, 0.1) is 0 Å². The highest BCUT2D eigenvalue weighted by atomic mass is 32.2. The summed E-state index contributed by atoms with van der Waals surface area (Å²) in [5.41, 5.74) is 0.443. The van der Waals surface area contributed by atoms with E-state index < -0.39 is 10.0 Å². The van der Waals surface area contributed by atoms with Gasteiger partial charge in [-0.25, -0.2) is 13.1 Å². The number of carbonyl (C=O) groups is 1. The van der Waals surface area contributed by atoms with Crippen LogP contribution in [0.4, 0.5) is 0 Å². The second-order valence-electron chi connectivity index (χ2n) is 5.08. The molecule has 124 valence electrons. The second-order valence-corrected chi connectivity index (χ2v) is 6.85. The highest BCUT2D eigenvalue weighted by Crippen LogP contribution is 2.11. The van der Waals surface area contributed by atoms with E-state index >= 15 is 0 Å². The van der Waals surface area contributed by atoms with Gasteiger partial charge in [-0.3, -0.25) is 4.79 Å². The minimum atomic E-state index is -3.57. The first kappa shape index (κ1) is 18.6. The standard InChI is InChI=1S/C15H24N2O4S/c1-4-5-12(2)17-15(18)13-6-8-14(9-7-13)22(19,20)16-10-11-21-3/h6-9,12,16H,4-5,10-11H2,1-3H3,(H,17,18). The van der Waals surface area contributed by atoms with Gasteiger partial charge >= 0.3 is 0 Å². The molecule has 0 fully saturated rings. The predicted octanol–water partition coefficient (Wildman–Crippen LogP) is 1.53. The molecule has 0 aliphatic heterocycles. The Kier molecular flexibility index (Phi) is 7.50. The highest BCUT2D eigenvalue weighted by molar-refractivity contribution is 7.89.